The minimum absolute atomic E-state index is 0.0104. The zero-order valence-electron chi connectivity index (χ0n) is 11.1. The highest BCUT2D eigenvalue weighted by atomic mass is 32.1. The first kappa shape index (κ1) is 13.4. The standard InChI is InChI=1S/C14H15N3OS/c1-10-4-6-11(7-5-10)13(18)12-8-15-14(19-12)16-9-17(2)3/h4-9H,1-3H3/b16-9-. The Kier molecular flexibility index (Phi) is 4.06. The number of aliphatic imine (C=N–C) groups is 1. The summed E-state index contributed by atoms with van der Waals surface area (Å²) in [6.45, 7) is 2.00. The van der Waals surface area contributed by atoms with Crippen LogP contribution in [0.5, 0.6) is 0 Å². The molecule has 1 aromatic heterocycles. The van der Waals surface area contributed by atoms with Gasteiger partial charge in [0.05, 0.1) is 17.4 Å². The summed E-state index contributed by atoms with van der Waals surface area (Å²) in [4.78, 5) is 22.9. The van der Waals surface area contributed by atoms with Crippen molar-refractivity contribution < 1.29 is 4.79 Å². The molecule has 0 saturated carbocycles. The maximum absolute atomic E-state index is 12.2. The summed E-state index contributed by atoms with van der Waals surface area (Å²) >= 11 is 1.30. The van der Waals surface area contributed by atoms with Crippen LogP contribution in [0.1, 0.15) is 20.8 Å². The van der Waals surface area contributed by atoms with Gasteiger partial charge < -0.3 is 4.90 Å². The molecule has 19 heavy (non-hydrogen) atoms. The molecule has 4 nitrogen and oxygen atoms in total. The lowest BCUT2D eigenvalue weighted by molar-refractivity contribution is 0.104. The Morgan fingerprint density at radius 1 is 1.32 bits per heavy atom. The van der Waals surface area contributed by atoms with Crippen LogP contribution in [0.15, 0.2) is 35.5 Å². The minimum Gasteiger partial charge on any atom is -0.369 e. The molecule has 0 saturated heterocycles. The second-order valence-electron chi connectivity index (χ2n) is 4.41. The van der Waals surface area contributed by atoms with Gasteiger partial charge in [0.2, 0.25) is 10.9 Å². The normalized spacial score (nSPS) is 10.9. The van der Waals surface area contributed by atoms with Gasteiger partial charge in [0.1, 0.15) is 0 Å². The van der Waals surface area contributed by atoms with E-state index in [2.05, 4.69) is 9.98 Å². The molecule has 0 radical (unpaired) electrons. The summed E-state index contributed by atoms with van der Waals surface area (Å²) in [6, 6.07) is 7.53. The van der Waals surface area contributed by atoms with Crippen LogP contribution in [0.4, 0.5) is 5.13 Å². The Labute approximate surface area is 116 Å². The van der Waals surface area contributed by atoms with Crippen molar-refractivity contribution in [2.45, 2.75) is 6.92 Å². The predicted molar refractivity (Wildman–Crippen MR) is 78.6 cm³/mol. The number of carbonyl (C=O) groups is 1. The molecular formula is C14H15N3OS. The molecule has 0 atom stereocenters. The van der Waals surface area contributed by atoms with Crippen LogP contribution >= 0.6 is 11.3 Å². The van der Waals surface area contributed by atoms with E-state index in [9.17, 15) is 4.79 Å². The number of aryl methyl sites for hydroxylation is 1. The second kappa shape index (κ2) is 5.75. The third-order valence-electron chi connectivity index (χ3n) is 2.43. The number of nitrogens with zero attached hydrogens (tertiary/aromatic N) is 3. The van der Waals surface area contributed by atoms with E-state index in [4.69, 9.17) is 0 Å². The van der Waals surface area contributed by atoms with E-state index in [1.165, 1.54) is 11.3 Å². The molecule has 0 amide bonds. The first-order valence-electron chi connectivity index (χ1n) is 5.84. The van der Waals surface area contributed by atoms with E-state index < -0.39 is 0 Å². The van der Waals surface area contributed by atoms with Gasteiger partial charge in [-0.15, -0.1) is 0 Å². The molecule has 0 spiro atoms. The SMILES string of the molecule is Cc1ccc(C(=O)c2cnc(/N=C\N(C)C)s2)cc1. The Morgan fingerprint density at radius 2 is 2.00 bits per heavy atom. The van der Waals surface area contributed by atoms with Gasteiger partial charge in [0.15, 0.2) is 0 Å². The Balaban J connectivity index is 2.18. The number of aromatic nitrogens is 1. The van der Waals surface area contributed by atoms with Crippen molar-refractivity contribution in [3.63, 3.8) is 0 Å². The van der Waals surface area contributed by atoms with Crippen molar-refractivity contribution in [2.75, 3.05) is 14.1 Å². The maximum Gasteiger partial charge on any atom is 0.211 e. The van der Waals surface area contributed by atoms with Crippen LogP contribution in [-0.2, 0) is 0 Å². The molecule has 98 valence electrons. The Morgan fingerprint density at radius 3 is 2.63 bits per heavy atom. The van der Waals surface area contributed by atoms with Crippen molar-refractivity contribution in [1.82, 2.24) is 9.88 Å². The summed E-state index contributed by atoms with van der Waals surface area (Å²) in [7, 11) is 3.77. The van der Waals surface area contributed by atoms with Crippen LogP contribution in [0.2, 0.25) is 0 Å². The van der Waals surface area contributed by atoms with Crippen LogP contribution in [0.25, 0.3) is 0 Å². The molecule has 2 rings (SSSR count). The van der Waals surface area contributed by atoms with Gasteiger partial charge in [0.25, 0.3) is 0 Å². The molecule has 2 aromatic rings. The Bertz CT molecular complexity index is 599. The molecule has 0 fully saturated rings. The molecular weight excluding hydrogens is 258 g/mol. The fraction of sp³-hybridized carbons (Fsp3) is 0.214. The summed E-state index contributed by atoms with van der Waals surface area (Å²) in [5.41, 5.74) is 1.81. The summed E-state index contributed by atoms with van der Waals surface area (Å²) < 4.78 is 0. The number of hydrogen-bond acceptors (Lipinski definition) is 4. The lowest BCUT2D eigenvalue weighted by Gasteiger charge is -2.00. The van der Waals surface area contributed by atoms with Gasteiger partial charge in [-0.25, -0.2) is 9.98 Å². The molecule has 1 aromatic carbocycles. The summed E-state index contributed by atoms with van der Waals surface area (Å²) in [6.07, 6.45) is 3.24. The molecule has 0 aliphatic rings. The third kappa shape index (κ3) is 3.48. The van der Waals surface area contributed by atoms with Crippen LogP contribution in [-0.4, -0.2) is 36.1 Å². The molecule has 0 bridgehead atoms. The summed E-state index contributed by atoms with van der Waals surface area (Å²) in [5.74, 6) is -0.0104. The van der Waals surface area contributed by atoms with Crippen molar-refractivity contribution in [3.05, 3.63) is 46.5 Å². The molecule has 0 aliphatic heterocycles. The van der Waals surface area contributed by atoms with Crippen LogP contribution in [0, 0.1) is 6.92 Å². The Hall–Kier alpha value is -2.01. The van der Waals surface area contributed by atoms with Crippen molar-refractivity contribution >= 4 is 28.6 Å². The van der Waals surface area contributed by atoms with Crippen molar-refractivity contribution in [3.8, 4) is 0 Å². The van der Waals surface area contributed by atoms with Gasteiger partial charge in [-0.1, -0.05) is 41.2 Å². The molecule has 0 unspecified atom stereocenters. The average molecular weight is 273 g/mol. The van der Waals surface area contributed by atoms with E-state index in [1.54, 1.807) is 12.5 Å². The van der Waals surface area contributed by atoms with Crippen molar-refractivity contribution in [2.24, 2.45) is 4.99 Å². The van der Waals surface area contributed by atoms with Gasteiger partial charge in [-0.3, -0.25) is 4.79 Å². The summed E-state index contributed by atoms with van der Waals surface area (Å²) in [5, 5.41) is 0.587. The average Bonchev–Trinajstić information content (AvgIpc) is 2.85. The van der Waals surface area contributed by atoms with E-state index in [0.717, 1.165) is 5.56 Å². The quantitative estimate of drug-likeness (QED) is 0.489. The van der Waals surface area contributed by atoms with Crippen molar-refractivity contribution in [1.29, 1.82) is 0 Å². The highest BCUT2D eigenvalue weighted by Crippen LogP contribution is 2.23. The van der Waals surface area contributed by atoms with E-state index in [0.29, 0.717) is 15.6 Å². The van der Waals surface area contributed by atoms with Crippen LogP contribution < -0.4 is 0 Å². The number of benzene rings is 1. The monoisotopic (exact) mass is 273 g/mol. The number of hydrogen-bond donors (Lipinski definition) is 0. The fourth-order valence-corrected chi connectivity index (χ4v) is 2.16. The number of carbonyl (C=O) groups excluding carboxylic acids is 1. The third-order valence-corrected chi connectivity index (χ3v) is 3.33. The van der Waals surface area contributed by atoms with Gasteiger partial charge in [0, 0.05) is 19.7 Å². The number of thiazole rings is 1. The lowest BCUT2D eigenvalue weighted by Crippen LogP contribution is -2.06. The molecule has 1 heterocycles. The first-order chi connectivity index (χ1) is 9.06. The van der Waals surface area contributed by atoms with Gasteiger partial charge in [-0.05, 0) is 6.92 Å². The van der Waals surface area contributed by atoms with Gasteiger partial charge >= 0.3 is 0 Å². The lowest BCUT2D eigenvalue weighted by atomic mass is 10.1. The van der Waals surface area contributed by atoms with Crippen LogP contribution in [0.3, 0.4) is 0 Å². The van der Waals surface area contributed by atoms with E-state index in [1.807, 2.05) is 50.2 Å². The zero-order chi connectivity index (χ0) is 13.8. The second-order valence-corrected chi connectivity index (χ2v) is 5.42. The fourth-order valence-electron chi connectivity index (χ4n) is 1.44. The smallest absolute Gasteiger partial charge is 0.211 e. The molecule has 0 N–H and O–H groups in total. The first-order valence-corrected chi connectivity index (χ1v) is 6.66. The predicted octanol–water partition coefficient (Wildman–Crippen LogP) is 2.90. The maximum atomic E-state index is 12.2. The number of ketones is 1. The molecule has 0 aliphatic carbocycles. The minimum atomic E-state index is -0.0104. The largest absolute Gasteiger partial charge is 0.369 e. The zero-order valence-corrected chi connectivity index (χ0v) is 11.9. The number of rotatable bonds is 4. The van der Waals surface area contributed by atoms with Gasteiger partial charge in [-0.2, -0.15) is 0 Å². The van der Waals surface area contributed by atoms with E-state index >= 15 is 0 Å². The topological polar surface area (TPSA) is 45.6 Å². The molecule has 5 heteroatoms. The van der Waals surface area contributed by atoms with E-state index in [-0.39, 0.29) is 5.78 Å². The highest BCUT2D eigenvalue weighted by molar-refractivity contribution is 7.17. The highest BCUT2D eigenvalue weighted by Gasteiger charge is 2.12.